The van der Waals surface area contributed by atoms with Gasteiger partial charge in [-0.15, -0.1) is 0 Å². The summed E-state index contributed by atoms with van der Waals surface area (Å²) in [5.74, 6) is 1.16. The van der Waals surface area contributed by atoms with Crippen molar-refractivity contribution in [1.29, 1.82) is 0 Å². The van der Waals surface area contributed by atoms with Crippen molar-refractivity contribution in [3.05, 3.63) is 83.4 Å². The van der Waals surface area contributed by atoms with Crippen LogP contribution in [0.3, 0.4) is 0 Å². The third-order valence-electron chi connectivity index (χ3n) is 6.19. The van der Waals surface area contributed by atoms with Crippen molar-refractivity contribution < 1.29 is 31.1 Å². The van der Waals surface area contributed by atoms with Crippen LogP contribution >= 0.6 is 0 Å². The Kier molecular flexibility index (Phi) is 6.60. The van der Waals surface area contributed by atoms with E-state index in [0.29, 0.717) is 22.7 Å². The summed E-state index contributed by atoms with van der Waals surface area (Å²) in [6, 6.07) is 20.1. The molecule has 8 heteroatoms. The van der Waals surface area contributed by atoms with Crippen molar-refractivity contribution in [3.8, 4) is 22.6 Å². The van der Waals surface area contributed by atoms with Crippen LogP contribution in [0.1, 0.15) is 22.8 Å². The fraction of sp³-hybridized carbons (Fsp3) is 0.103. The first-order valence-corrected chi connectivity index (χ1v) is 11.5. The number of hydrogen-bond acceptors (Lipinski definition) is 5. The summed E-state index contributed by atoms with van der Waals surface area (Å²) < 4.78 is 13.7. The van der Waals surface area contributed by atoms with Gasteiger partial charge in [-0.1, -0.05) is 30.3 Å². The summed E-state index contributed by atoms with van der Waals surface area (Å²) in [7, 11) is 4.90. The van der Waals surface area contributed by atoms with Gasteiger partial charge in [0, 0.05) is 27.8 Å². The molecule has 6 rings (SSSR count). The summed E-state index contributed by atoms with van der Waals surface area (Å²) in [6.45, 7) is 0. The van der Waals surface area contributed by atoms with Crippen LogP contribution in [-0.2, 0) is 16.8 Å². The van der Waals surface area contributed by atoms with Crippen molar-refractivity contribution in [2.75, 3.05) is 21.3 Å². The summed E-state index contributed by atoms with van der Waals surface area (Å²) in [6.07, 6.45) is 7.87. The Balaban J connectivity index is 0.00000280. The predicted molar refractivity (Wildman–Crippen MR) is 144 cm³/mol. The minimum absolute atomic E-state index is 0. The molecule has 0 unspecified atom stereocenters. The SMILES string of the molecule is COc1c2nc(cc3ccc(cc4nc(cc5c(-c6ccccc6)c(OC)c1n5OC)C=C4)[nH]3)C=C2.[Co]. The molecule has 1 aromatic carbocycles. The summed E-state index contributed by atoms with van der Waals surface area (Å²) in [5.41, 5.74) is 8.28. The average molecular weight is 535 g/mol. The average Bonchev–Trinajstić information content (AvgIpc) is 3.69. The molecule has 37 heavy (non-hydrogen) atoms. The van der Waals surface area contributed by atoms with Gasteiger partial charge in [-0.2, -0.15) is 4.73 Å². The van der Waals surface area contributed by atoms with Crippen LogP contribution in [0.15, 0.2) is 60.7 Å². The Morgan fingerprint density at radius 3 is 1.97 bits per heavy atom. The normalized spacial score (nSPS) is 11.8. The van der Waals surface area contributed by atoms with Crippen LogP contribution in [-0.4, -0.2) is 41.0 Å². The first-order chi connectivity index (χ1) is 17.7. The van der Waals surface area contributed by atoms with Gasteiger partial charge in [0.2, 0.25) is 0 Å². The molecule has 0 fully saturated rings. The minimum Gasteiger partial charge on any atom is -0.494 e. The summed E-state index contributed by atoms with van der Waals surface area (Å²) >= 11 is 0. The van der Waals surface area contributed by atoms with Crippen LogP contribution in [0, 0.1) is 0 Å². The minimum atomic E-state index is 0. The molecule has 1 radical (unpaired) electrons. The Labute approximate surface area is 224 Å². The van der Waals surface area contributed by atoms with Crippen LogP contribution in [0.25, 0.3) is 57.5 Å². The third-order valence-corrected chi connectivity index (χ3v) is 6.19. The number of H-pyrrole nitrogens is 1. The van der Waals surface area contributed by atoms with Crippen LogP contribution in [0.5, 0.6) is 11.5 Å². The molecule has 2 aliphatic heterocycles. The van der Waals surface area contributed by atoms with Gasteiger partial charge in [-0.25, -0.2) is 9.97 Å². The molecule has 1 N–H and O–H groups in total. The van der Waals surface area contributed by atoms with Crippen LogP contribution in [0.4, 0.5) is 0 Å². The number of methoxy groups -OCH3 is 2. The van der Waals surface area contributed by atoms with Crippen molar-refractivity contribution >= 4 is 46.4 Å². The van der Waals surface area contributed by atoms with Crippen molar-refractivity contribution in [2.45, 2.75) is 0 Å². The molecule has 2 aliphatic rings. The molecule has 3 aromatic heterocycles. The van der Waals surface area contributed by atoms with Crippen molar-refractivity contribution in [2.24, 2.45) is 0 Å². The second kappa shape index (κ2) is 10.0. The maximum absolute atomic E-state index is 6.02. The number of fused-ring (bicyclic) bond motifs is 8. The second-order valence-corrected chi connectivity index (χ2v) is 8.37. The molecule has 0 saturated heterocycles. The number of hydrogen-bond donors (Lipinski definition) is 1. The zero-order valence-electron chi connectivity index (χ0n) is 20.5. The maximum atomic E-state index is 6.02. The quantitative estimate of drug-likeness (QED) is 0.306. The van der Waals surface area contributed by atoms with Crippen molar-refractivity contribution in [1.82, 2.24) is 19.7 Å². The summed E-state index contributed by atoms with van der Waals surface area (Å²) in [5, 5.41) is 0. The Morgan fingerprint density at radius 1 is 0.703 bits per heavy atom. The number of nitrogens with zero attached hydrogens (tertiary/aromatic N) is 3. The number of benzene rings is 1. The topological polar surface area (TPSA) is 74.2 Å². The third kappa shape index (κ3) is 4.30. The smallest absolute Gasteiger partial charge is 0.175 e. The van der Waals surface area contributed by atoms with E-state index in [0.717, 1.165) is 44.8 Å². The number of ether oxygens (including phenoxy) is 2. The monoisotopic (exact) mass is 535 g/mol. The molecule has 0 spiro atoms. The zero-order valence-corrected chi connectivity index (χ0v) is 21.5. The number of rotatable bonds is 4. The van der Waals surface area contributed by atoms with Gasteiger partial charge in [0.05, 0.1) is 42.4 Å². The molecule has 0 saturated carbocycles. The molecular weight excluding hydrogens is 511 g/mol. The fourth-order valence-electron chi connectivity index (χ4n) is 4.67. The van der Waals surface area contributed by atoms with Gasteiger partial charge in [0.15, 0.2) is 17.0 Å². The summed E-state index contributed by atoms with van der Waals surface area (Å²) in [4.78, 5) is 19.0. The molecule has 4 aromatic rings. The van der Waals surface area contributed by atoms with Gasteiger partial charge in [0.1, 0.15) is 12.8 Å². The molecular formula is C29H24CoN4O3. The molecule has 0 amide bonds. The molecule has 7 nitrogen and oxygen atoms in total. The number of aromatic nitrogens is 4. The van der Waals surface area contributed by atoms with Crippen LogP contribution < -0.4 is 14.3 Å². The molecule has 5 heterocycles. The predicted octanol–water partition coefficient (Wildman–Crippen LogP) is 5.87. The molecule has 187 valence electrons. The van der Waals surface area contributed by atoms with Crippen LogP contribution in [0.2, 0.25) is 0 Å². The van der Waals surface area contributed by atoms with E-state index in [4.69, 9.17) is 24.3 Å². The standard InChI is InChI=1S/C29H24N4O3.Co/c1-34-28-24-14-13-22(32-24)16-21-10-9-19(30-21)15-20-11-12-23(31-20)17-25-26(18-7-5-4-6-8-18)29(35-2)27(28)33(25)36-3;/h4-17,30H,1-3H3;. The van der Waals surface area contributed by atoms with Crippen molar-refractivity contribution in [3.63, 3.8) is 0 Å². The molecule has 8 bridgehead atoms. The van der Waals surface area contributed by atoms with E-state index in [9.17, 15) is 0 Å². The van der Waals surface area contributed by atoms with E-state index in [2.05, 4.69) is 4.98 Å². The first-order valence-electron chi connectivity index (χ1n) is 11.5. The maximum Gasteiger partial charge on any atom is 0.175 e. The Bertz CT molecular complexity index is 1700. The van der Waals surface area contributed by atoms with E-state index < -0.39 is 0 Å². The number of nitrogens with one attached hydrogen (secondary N) is 1. The van der Waals surface area contributed by atoms with E-state index in [1.807, 2.05) is 85.0 Å². The van der Waals surface area contributed by atoms with E-state index >= 15 is 0 Å². The largest absolute Gasteiger partial charge is 0.494 e. The van der Waals surface area contributed by atoms with E-state index in [1.165, 1.54) is 0 Å². The number of aromatic amines is 1. The van der Waals surface area contributed by atoms with Gasteiger partial charge >= 0.3 is 0 Å². The second-order valence-electron chi connectivity index (χ2n) is 8.37. The zero-order chi connectivity index (χ0) is 24.6. The van der Waals surface area contributed by atoms with E-state index in [-0.39, 0.29) is 16.8 Å². The van der Waals surface area contributed by atoms with Gasteiger partial charge in [-0.3, -0.25) is 0 Å². The molecule has 0 atom stereocenters. The first kappa shape index (κ1) is 24.4. The van der Waals surface area contributed by atoms with Gasteiger partial charge in [-0.05, 0) is 60.2 Å². The molecule has 0 aliphatic carbocycles. The Morgan fingerprint density at radius 2 is 1.32 bits per heavy atom. The fourth-order valence-corrected chi connectivity index (χ4v) is 4.67. The Hall–Kier alpha value is -4.27. The van der Waals surface area contributed by atoms with Gasteiger partial charge in [0.25, 0.3) is 0 Å². The van der Waals surface area contributed by atoms with E-state index in [1.54, 1.807) is 26.1 Å². The van der Waals surface area contributed by atoms with Gasteiger partial charge < -0.3 is 19.3 Å².